The largest absolute Gasteiger partial charge is 0.491 e. The van der Waals surface area contributed by atoms with Crippen LogP contribution in [-0.4, -0.2) is 45.8 Å². The molecule has 1 aliphatic heterocycles. The van der Waals surface area contributed by atoms with E-state index in [4.69, 9.17) is 25.8 Å². The van der Waals surface area contributed by atoms with Gasteiger partial charge in [0.25, 0.3) is 0 Å². The second-order valence-electron chi connectivity index (χ2n) is 8.68. The Balaban J connectivity index is 1.29. The number of aromatic nitrogens is 3. The first-order chi connectivity index (χ1) is 17.0. The second-order valence-corrected chi connectivity index (χ2v) is 9.11. The van der Waals surface area contributed by atoms with Crippen LogP contribution in [0.5, 0.6) is 5.75 Å². The molecule has 9 heteroatoms. The molecule has 2 aromatic carbocycles. The molecule has 2 heterocycles. The van der Waals surface area contributed by atoms with Gasteiger partial charge in [-0.15, -0.1) is 0 Å². The number of amides is 1. The van der Waals surface area contributed by atoms with Crippen molar-refractivity contribution in [1.29, 1.82) is 0 Å². The Labute approximate surface area is 210 Å². The lowest BCUT2D eigenvalue weighted by Crippen LogP contribution is -2.37. The summed E-state index contributed by atoms with van der Waals surface area (Å²) < 4.78 is 20.4. The molecule has 186 valence electrons. The van der Waals surface area contributed by atoms with Crippen LogP contribution in [0.25, 0.3) is 0 Å². The first-order valence-corrected chi connectivity index (χ1v) is 12.3. The highest BCUT2D eigenvalue weighted by atomic mass is 35.5. The van der Waals surface area contributed by atoms with Crippen molar-refractivity contribution in [2.45, 2.75) is 64.1 Å². The number of hydrogen-bond acceptors (Lipinski definition) is 6. The molecule has 1 aromatic heterocycles. The SMILES string of the molecule is CC(=O)Nc1ccc(OCC2CCCC(OC(CCc3ccc(Cl)cc3)Cn3cncn3)O2)cc1. The fourth-order valence-corrected chi connectivity index (χ4v) is 4.17. The van der Waals surface area contributed by atoms with Gasteiger partial charge in [0.2, 0.25) is 5.91 Å². The van der Waals surface area contributed by atoms with E-state index in [9.17, 15) is 4.79 Å². The number of nitrogens with one attached hydrogen (secondary N) is 1. The highest BCUT2D eigenvalue weighted by Crippen LogP contribution is 2.24. The number of hydrogen-bond donors (Lipinski definition) is 1. The van der Waals surface area contributed by atoms with Crippen LogP contribution >= 0.6 is 11.6 Å². The van der Waals surface area contributed by atoms with E-state index in [-0.39, 0.29) is 24.4 Å². The van der Waals surface area contributed by atoms with Gasteiger partial charge in [0.05, 0.1) is 18.8 Å². The van der Waals surface area contributed by atoms with Crippen molar-refractivity contribution in [3.8, 4) is 5.75 Å². The Morgan fingerprint density at radius 2 is 2.00 bits per heavy atom. The average molecular weight is 499 g/mol. The van der Waals surface area contributed by atoms with Gasteiger partial charge < -0.3 is 19.5 Å². The van der Waals surface area contributed by atoms with Gasteiger partial charge >= 0.3 is 0 Å². The molecule has 8 nitrogen and oxygen atoms in total. The zero-order valence-electron chi connectivity index (χ0n) is 19.8. The van der Waals surface area contributed by atoms with Crippen LogP contribution in [0, 0.1) is 0 Å². The molecule has 1 saturated heterocycles. The first-order valence-electron chi connectivity index (χ1n) is 11.9. The van der Waals surface area contributed by atoms with E-state index in [1.807, 2.05) is 48.5 Å². The zero-order valence-corrected chi connectivity index (χ0v) is 20.6. The number of ether oxygens (including phenoxy) is 3. The molecule has 3 unspecified atom stereocenters. The van der Waals surface area contributed by atoms with Crippen LogP contribution in [0.1, 0.15) is 38.2 Å². The summed E-state index contributed by atoms with van der Waals surface area (Å²) in [4.78, 5) is 15.2. The number of rotatable bonds is 11. The lowest BCUT2D eigenvalue weighted by atomic mass is 10.1. The maximum atomic E-state index is 11.2. The molecule has 35 heavy (non-hydrogen) atoms. The molecule has 1 N–H and O–H groups in total. The number of benzene rings is 2. The quantitative estimate of drug-likeness (QED) is 0.405. The van der Waals surface area contributed by atoms with E-state index in [1.165, 1.54) is 18.8 Å². The van der Waals surface area contributed by atoms with Crippen LogP contribution in [0.4, 0.5) is 5.69 Å². The van der Waals surface area contributed by atoms with E-state index in [0.717, 1.165) is 48.6 Å². The maximum absolute atomic E-state index is 11.2. The van der Waals surface area contributed by atoms with Gasteiger partial charge in [-0.25, -0.2) is 4.98 Å². The highest BCUT2D eigenvalue weighted by Gasteiger charge is 2.26. The number of halogens is 1. The summed E-state index contributed by atoms with van der Waals surface area (Å²) in [7, 11) is 0. The minimum absolute atomic E-state index is 0.0490. The molecule has 1 aliphatic rings. The third-order valence-corrected chi connectivity index (χ3v) is 6.04. The number of aryl methyl sites for hydroxylation is 1. The van der Waals surface area contributed by atoms with E-state index < -0.39 is 0 Å². The number of anilines is 1. The van der Waals surface area contributed by atoms with Gasteiger partial charge in [-0.1, -0.05) is 23.7 Å². The summed E-state index contributed by atoms with van der Waals surface area (Å²) in [5, 5.41) is 7.72. The number of nitrogens with zero attached hydrogens (tertiary/aromatic N) is 3. The van der Waals surface area contributed by atoms with E-state index in [2.05, 4.69) is 15.4 Å². The number of carbonyl (C=O) groups excluding carboxylic acids is 1. The standard InChI is InChI=1S/C26H31ClN4O4/c1-19(32)30-22-10-13-23(14-11-22)33-16-25-3-2-4-26(35-25)34-24(15-31-18-28-17-29-31)12-7-20-5-8-21(27)9-6-20/h5-6,8-11,13-14,17-18,24-26H,2-4,7,12,15-16H2,1H3,(H,30,32). The van der Waals surface area contributed by atoms with Crippen molar-refractivity contribution in [2.24, 2.45) is 0 Å². The van der Waals surface area contributed by atoms with Crippen molar-refractivity contribution < 1.29 is 19.0 Å². The Morgan fingerprint density at radius 1 is 1.20 bits per heavy atom. The molecule has 0 saturated carbocycles. The van der Waals surface area contributed by atoms with Crippen LogP contribution < -0.4 is 10.1 Å². The molecule has 0 aliphatic carbocycles. The summed E-state index contributed by atoms with van der Waals surface area (Å²) in [6.45, 7) is 2.53. The van der Waals surface area contributed by atoms with Gasteiger partial charge in [0, 0.05) is 17.6 Å². The van der Waals surface area contributed by atoms with E-state index in [0.29, 0.717) is 13.2 Å². The predicted molar refractivity (Wildman–Crippen MR) is 133 cm³/mol. The minimum Gasteiger partial charge on any atom is -0.491 e. The molecule has 0 bridgehead atoms. The van der Waals surface area contributed by atoms with Gasteiger partial charge in [0.15, 0.2) is 6.29 Å². The maximum Gasteiger partial charge on any atom is 0.221 e. The van der Waals surface area contributed by atoms with Crippen molar-refractivity contribution in [2.75, 3.05) is 11.9 Å². The van der Waals surface area contributed by atoms with E-state index >= 15 is 0 Å². The van der Waals surface area contributed by atoms with Crippen LogP contribution in [0.2, 0.25) is 5.02 Å². The molecule has 0 spiro atoms. The topological polar surface area (TPSA) is 87.5 Å². The molecule has 0 radical (unpaired) electrons. The monoisotopic (exact) mass is 498 g/mol. The van der Waals surface area contributed by atoms with Crippen molar-refractivity contribution >= 4 is 23.2 Å². The Morgan fingerprint density at radius 3 is 2.71 bits per heavy atom. The van der Waals surface area contributed by atoms with Gasteiger partial charge in [-0.3, -0.25) is 9.48 Å². The third kappa shape index (κ3) is 8.35. The Bertz CT molecular complexity index is 1040. The summed E-state index contributed by atoms with van der Waals surface area (Å²) in [5.41, 5.74) is 1.95. The lowest BCUT2D eigenvalue weighted by molar-refractivity contribution is -0.222. The summed E-state index contributed by atoms with van der Waals surface area (Å²) in [5.74, 6) is 0.633. The fraction of sp³-hybridized carbons (Fsp3) is 0.423. The zero-order chi connectivity index (χ0) is 24.5. The van der Waals surface area contributed by atoms with Gasteiger partial charge in [-0.05, 0) is 74.1 Å². The number of carbonyl (C=O) groups is 1. The molecular formula is C26H31ClN4O4. The minimum atomic E-state index is -0.293. The third-order valence-electron chi connectivity index (χ3n) is 5.79. The fourth-order valence-electron chi connectivity index (χ4n) is 4.04. The van der Waals surface area contributed by atoms with Gasteiger partial charge in [-0.2, -0.15) is 5.10 Å². The van der Waals surface area contributed by atoms with Crippen molar-refractivity contribution in [3.63, 3.8) is 0 Å². The van der Waals surface area contributed by atoms with Gasteiger partial charge in [0.1, 0.15) is 25.0 Å². The van der Waals surface area contributed by atoms with Crippen molar-refractivity contribution in [1.82, 2.24) is 14.8 Å². The predicted octanol–water partition coefficient (Wildman–Crippen LogP) is 4.88. The summed E-state index contributed by atoms with van der Waals surface area (Å²) in [6.07, 6.45) is 7.28. The van der Waals surface area contributed by atoms with Crippen LogP contribution in [0.15, 0.2) is 61.2 Å². The first kappa shape index (κ1) is 25.2. The molecule has 4 rings (SSSR count). The molecule has 3 atom stereocenters. The molecular weight excluding hydrogens is 468 g/mol. The Hall–Kier alpha value is -2.94. The smallest absolute Gasteiger partial charge is 0.221 e. The molecule has 3 aromatic rings. The normalized spacial score (nSPS) is 18.7. The van der Waals surface area contributed by atoms with Crippen LogP contribution in [0.3, 0.4) is 0 Å². The highest BCUT2D eigenvalue weighted by molar-refractivity contribution is 6.30. The van der Waals surface area contributed by atoms with E-state index in [1.54, 1.807) is 11.0 Å². The Kier molecular flexibility index (Phi) is 9.11. The average Bonchev–Trinajstić information content (AvgIpc) is 3.36. The molecule has 1 fully saturated rings. The van der Waals surface area contributed by atoms with Crippen LogP contribution in [-0.2, 0) is 27.2 Å². The summed E-state index contributed by atoms with van der Waals surface area (Å²) >= 11 is 6.02. The van der Waals surface area contributed by atoms with Crippen molar-refractivity contribution in [3.05, 3.63) is 71.8 Å². The summed E-state index contributed by atoms with van der Waals surface area (Å²) in [6, 6.07) is 15.2. The lowest BCUT2D eigenvalue weighted by Gasteiger charge is -2.32. The second kappa shape index (κ2) is 12.7. The molecule has 1 amide bonds.